The first kappa shape index (κ1) is 14.5. The molecule has 2 aromatic rings. The number of nitrogens with two attached hydrogens (primary N) is 1. The molecule has 0 bridgehead atoms. The average Bonchev–Trinajstić information content (AvgIpc) is 2.52. The van der Waals surface area contributed by atoms with Crippen LogP contribution in [0, 0.1) is 5.82 Å². The molecule has 0 heterocycles. The van der Waals surface area contributed by atoms with Crippen molar-refractivity contribution in [1.82, 2.24) is 0 Å². The maximum Gasteiger partial charge on any atom is 0.388 e. The Bertz CT molecular complexity index is 669. The molecular formula is C15H14FN2O3+. The van der Waals surface area contributed by atoms with Gasteiger partial charge in [-0.25, -0.2) is 9.18 Å². The van der Waals surface area contributed by atoms with Gasteiger partial charge in [-0.15, -0.1) is 0 Å². The van der Waals surface area contributed by atoms with Crippen molar-refractivity contribution in [2.24, 2.45) is 5.73 Å². The molecule has 0 aliphatic heterocycles. The van der Waals surface area contributed by atoms with Crippen LogP contribution in [0.25, 0.3) is 0 Å². The number of benzene rings is 2. The minimum absolute atomic E-state index is 0.0880. The van der Waals surface area contributed by atoms with Crippen LogP contribution in [0.15, 0.2) is 48.5 Å². The number of nitrogens with one attached hydrogen (secondary N) is 1. The van der Waals surface area contributed by atoms with E-state index in [4.69, 9.17) is 15.3 Å². The summed E-state index contributed by atoms with van der Waals surface area (Å²) in [4.78, 5) is 16.5. The molecule has 0 saturated heterocycles. The highest BCUT2D eigenvalue weighted by atomic mass is 19.1. The Hall–Kier alpha value is -2.89. The molecule has 0 aromatic heterocycles. The standard InChI is InChI=1S/C15H13FN2O3/c1-20-13-7-5-10(6-8-13)14(17)18-21-15(19)11-3-2-4-12(16)9-11/h2-9H,1H3,(H2,17,18)/p+1. The Morgan fingerprint density at radius 3 is 2.48 bits per heavy atom. The number of rotatable bonds is 4. The van der Waals surface area contributed by atoms with Crippen molar-refractivity contribution >= 4 is 11.8 Å². The monoisotopic (exact) mass is 289 g/mol. The van der Waals surface area contributed by atoms with Crippen LogP contribution < -0.4 is 15.6 Å². The molecule has 2 rings (SSSR count). The summed E-state index contributed by atoms with van der Waals surface area (Å²) in [5.74, 6) is -0.409. The van der Waals surface area contributed by atoms with Crippen LogP contribution in [0.1, 0.15) is 15.9 Å². The van der Waals surface area contributed by atoms with E-state index in [2.05, 4.69) is 5.16 Å². The second kappa shape index (κ2) is 6.51. The summed E-state index contributed by atoms with van der Waals surface area (Å²) in [6.07, 6.45) is 0. The first-order valence-electron chi connectivity index (χ1n) is 6.10. The van der Waals surface area contributed by atoms with E-state index in [0.29, 0.717) is 11.3 Å². The largest absolute Gasteiger partial charge is 0.497 e. The number of carbonyl (C=O) groups excluding carboxylic acids is 1. The van der Waals surface area contributed by atoms with E-state index in [1.807, 2.05) is 0 Å². The van der Waals surface area contributed by atoms with Crippen molar-refractivity contribution in [3.05, 3.63) is 65.5 Å². The van der Waals surface area contributed by atoms with Crippen molar-refractivity contribution in [2.45, 2.75) is 0 Å². The van der Waals surface area contributed by atoms with Crippen LogP contribution in [-0.2, 0) is 4.84 Å². The fourth-order valence-corrected chi connectivity index (χ4v) is 1.61. The van der Waals surface area contributed by atoms with E-state index in [0.717, 1.165) is 6.07 Å². The summed E-state index contributed by atoms with van der Waals surface area (Å²) in [5.41, 5.74) is 6.47. The Balaban J connectivity index is 2.07. The van der Waals surface area contributed by atoms with E-state index in [-0.39, 0.29) is 11.4 Å². The van der Waals surface area contributed by atoms with E-state index < -0.39 is 11.8 Å². The van der Waals surface area contributed by atoms with E-state index in [1.165, 1.54) is 18.2 Å². The minimum Gasteiger partial charge on any atom is -0.497 e. The van der Waals surface area contributed by atoms with Crippen molar-refractivity contribution in [3.8, 4) is 5.75 Å². The number of carbonyl (C=O) groups is 1. The average molecular weight is 289 g/mol. The van der Waals surface area contributed by atoms with Crippen LogP contribution in [0.2, 0.25) is 0 Å². The van der Waals surface area contributed by atoms with Gasteiger partial charge in [0.25, 0.3) is 0 Å². The number of nitrogen functional groups attached to an aromatic ring is 1. The SMILES string of the molecule is COc1ccc(C(N)=[NH+]OC(=O)c2cccc(F)c2)cc1. The molecule has 0 spiro atoms. The van der Waals surface area contributed by atoms with Gasteiger partial charge in [0.1, 0.15) is 11.6 Å². The van der Waals surface area contributed by atoms with Crippen LogP contribution >= 0.6 is 0 Å². The molecule has 0 saturated carbocycles. The van der Waals surface area contributed by atoms with E-state index in [9.17, 15) is 9.18 Å². The van der Waals surface area contributed by atoms with Gasteiger partial charge in [0.05, 0.1) is 18.2 Å². The lowest BCUT2D eigenvalue weighted by Crippen LogP contribution is -2.75. The zero-order valence-electron chi connectivity index (χ0n) is 11.3. The van der Waals surface area contributed by atoms with Gasteiger partial charge in [-0.05, 0) is 42.5 Å². The summed E-state index contributed by atoms with van der Waals surface area (Å²) in [6, 6.07) is 12.0. The molecule has 0 radical (unpaired) electrons. The third-order valence-corrected chi connectivity index (χ3v) is 2.72. The molecule has 21 heavy (non-hydrogen) atoms. The van der Waals surface area contributed by atoms with Crippen molar-refractivity contribution in [2.75, 3.05) is 7.11 Å². The Morgan fingerprint density at radius 1 is 1.14 bits per heavy atom. The van der Waals surface area contributed by atoms with Crippen LogP contribution in [-0.4, -0.2) is 18.9 Å². The summed E-state index contributed by atoms with van der Waals surface area (Å²) in [7, 11) is 1.56. The first-order valence-corrected chi connectivity index (χ1v) is 6.10. The number of hydrogen-bond acceptors (Lipinski definition) is 3. The normalized spacial score (nSPS) is 11.0. The molecule has 5 nitrogen and oxygen atoms in total. The number of ether oxygens (including phenoxy) is 1. The van der Waals surface area contributed by atoms with Crippen LogP contribution in [0.4, 0.5) is 4.39 Å². The predicted molar refractivity (Wildman–Crippen MR) is 74.1 cm³/mol. The molecule has 108 valence electrons. The first-order chi connectivity index (χ1) is 10.1. The topological polar surface area (TPSA) is 75.5 Å². The Kier molecular flexibility index (Phi) is 4.50. The predicted octanol–water partition coefficient (Wildman–Crippen LogP) is 0.392. The summed E-state index contributed by atoms with van der Waals surface area (Å²) in [6.45, 7) is 0. The maximum absolute atomic E-state index is 13.0. The Morgan fingerprint density at radius 2 is 1.86 bits per heavy atom. The summed E-state index contributed by atoms with van der Waals surface area (Å²) in [5, 5.41) is 2.34. The molecule has 0 aliphatic rings. The van der Waals surface area contributed by atoms with Gasteiger partial charge in [0.15, 0.2) is 0 Å². The van der Waals surface area contributed by atoms with Gasteiger partial charge in [0, 0.05) is 0 Å². The van der Waals surface area contributed by atoms with Gasteiger partial charge in [-0.2, -0.15) is 0 Å². The van der Waals surface area contributed by atoms with Gasteiger partial charge in [0.2, 0.25) is 0 Å². The van der Waals surface area contributed by atoms with Gasteiger partial charge >= 0.3 is 11.8 Å². The fourth-order valence-electron chi connectivity index (χ4n) is 1.61. The lowest BCUT2D eigenvalue weighted by atomic mass is 10.2. The summed E-state index contributed by atoms with van der Waals surface area (Å²) >= 11 is 0. The van der Waals surface area contributed by atoms with E-state index >= 15 is 0 Å². The molecule has 6 heteroatoms. The number of halogens is 1. The molecule has 0 aliphatic carbocycles. The molecule has 0 unspecified atom stereocenters. The minimum atomic E-state index is -0.731. The Labute approximate surface area is 120 Å². The lowest BCUT2D eigenvalue weighted by Gasteiger charge is -2.00. The molecule has 3 N–H and O–H groups in total. The molecule has 0 amide bonds. The van der Waals surface area contributed by atoms with Crippen molar-refractivity contribution in [3.63, 3.8) is 0 Å². The van der Waals surface area contributed by atoms with Gasteiger partial charge in [-0.1, -0.05) is 11.2 Å². The fraction of sp³-hybridized carbons (Fsp3) is 0.0667. The van der Waals surface area contributed by atoms with Crippen molar-refractivity contribution in [1.29, 1.82) is 0 Å². The highest BCUT2D eigenvalue weighted by Gasteiger charge is 2.11. The number of methoxy groups -OCH3 is 1. The van der Waals surface area contributed by atoms with Crippen molar-refractivity contribution < 1.29 is 23.9 Å². The highest BCUT2D eigenvalue weighted by molar-refractivity contribution is 5.93. The van der Waals surface area contributed by atoms with E-state index in [1.54, 1.807) is 31.4 Å². The molecule has 0 fully saturated rings. The zero-order valence-corrected chi connectivity index (χ0v) is 11.3. The smallest absolute Gasteiger partial charge is 0.388 e. The number of hydrogen-bond donors (Lipinski definition) is 2. The molecular weight excluding hydrogens is 275 g/mol. The molecule has 0 atom stereocenters. The van der Waals surface area contributed by atoms with Crippen LogP contribution in [0.5, 0.6) is 5.75 Å². The second-order valence-corrected chi connectivity index (χ2v) is 4.14. The highest BCUT2D eigenvalue weighted by Crippen LogP contribution is 2.10. The summed E-state index contributed by atoms with van der Waals surface area (Å²) < 4.78 is 18.0. The van der Waals surface area contributed by atoms with Gasteiger partial charge in [-0.3, -0.25) is 10.6 Å². The second-order valence-electron chi connectivity index (χ2n) is 4.14. The third-order valence-electron chi connectivity index (χ3n) is 2.72. The molecule has 2 aromatic carbocycles. The van der Waals surface area contributed by atoms with Crippen LogP contribution in [0.3, 0.4) is 0 Å². The maximum atomic E-state index is 13.0. The number of amidine groups is 1. The third kappa shape index (κ3) is 3.79. The zero-order chi connectivity index (χ0) is 15.2. The quantitative estimate of drug-likeness (QED) is 0.369. The van der Waals surface area contributed by atoms with Gasteiger partial charge < -0.3 is 4.74 Å². The lowest BCUT2D eigenvalue weighted by molar-refractivity contribution is -0.721.